The van der Waals surface area contributed by atoms with E-state index >= 15 is 0 Å². The van der Waals surface area contributed by atoms with Crippen LogP contribution >= 0.6 is 0 Å². The van der Waals surface area contributed by atoms with Crippen molar-refractivity contribution in [2.75, 3.05) is 0 Å². The number of aromatic nitrogens is 4. The summed E-state index contributed by atoms with van der Waals surface area (Å²) in [6.45, 7) is 13.5. The maximum absolute atomic E-state index is 6.74. The van der Waals surface area contributed by atoms with Crippen molar-refractivity contribution in [3.63, 3.8) is 0 Å². The Balaban J connectivity index is 0.00000458. The van der Waals surface area contributed by atoms with E-state index in [1.165, 1.54) is 38.6 Å². The molecule has 62 heavy (non-hydrogen) atoms. The molecule has 0 atom stereocenters. The molecule has 7 aromatic carbocycles. The van der Waals surface area contributed by atoms with E-state index in [0.29, 0.717) is 11.5 Å². The van der Waals surface area contributed by atoms with Crippen LogP contribution in [0.25, 0.3) is 83.4 Å². The van der Waals surface area contributed by atoms with Crippen molar-refractivity contribution in [3.8, 4) is 62.2 Å². The van der Waals surface area contributed by atoms with Gasteiger partial charge in [0.1, 0.15) is 5.82 Å². The van der Waals surface area contributed by atoms with E-state index < -0.39 is 0 Å². The molecule has 5 nitrogen and oxygen atoms in total. The molecule has 0 amide bonds. The van der Waals surface area contributed by atoms with Crippen molar-refractivity contribution in [1.29, 1.82) is 0 Å². The number of para-hydroxylation sites is 2. The molecular formula is C56H44N4OPt-2. The standard InChI is InChI=1S/C56H44N4O.Pt/c1-55(2,3)37-17-13-18-39(31-37)58-35-59(49-26-10-9-25-48(49)58)40-19-14-20-41(33-40)61-42-27-28-46-50(34-42)60(51-32-38(29-30-57-51)56(4,5)6)54-45-22-8-7-21-43(45)44-23-11-15-36-16-12-24-47(52(36)44)53(46)54;/h7-32H,1-6H3;/q-2;. The number of fused-ring (bicyclic) bond motifs is 8. The number of nitrogens with zero attached hydrogens (tertiary/aromatic N) is 4. The molecule has 1 aliphatic carbocycles. The molecule has 0 aliphatic heterocycles. The van der Waals surface area contributed by atoms with Gasteiger partial charge in [-0.1, -0.05) is 144 Å². The van der Waals surface area contributed by atoms with Crippen LogP contribution in [0.2, 0.25) is 0 Å². The van der Waals surface area contributed by atoms with Crippen LogP contribution in [0.3, 0.4) is 0 Å². The van der Waals surface area contributed by atoms with Crippen LogP contribution < -0.4 is 9.30 Å². The van der Waals surface area contributed by atoms with E-state index in [2.05, 4.69) is 201 Å². The first-order valence-electron chi connectivity index (χ1n) is 21.0. The van der Waals surface area contributed by atoms with Gasteiger partial charge in [-0.05, 0) is 84.9 Å². The fraction of sp³-hybridized carbons (Fsp3) is 0.143. The number of pyridine rings is 1. The van der Waals surface area contributed by atoms with Crippen molar-refractivity contribution < 1.29 is 30.4 Å². The van der Waals surface area contributed by atoms with E-state index in [0.717, 1.165) is 55.9 Å². The van der Waals surface area contributed by atoms with Gasteiger partial charge >= 0.3 is 0 Å². The van der Waals surface area contributed by atoms with Crippen LogP contribution in [0.15, 0.2) is 158 Å². The molecule has 0 fully saturated rings. The van der Waals surface area contributed by atoms with E-state index in [1.807, 2.05) is 30.5 Å². The minimum Gasteiger partial charge on any atom is -0.510 e. The van der Waals surface area contributed by atoms with Crippen molar-refractivity contribution in [2.24, 2.45) is 0 Å². The molecule has 6 heteroatoms. The fourth-order valence-electron chi connectivity index (χ4n) is 9.00. The van der Waals surface area contributed by atoms with Crippen LogP contribution in [-0.4, -0.2) is 14.1 Å². The summed E-state index contributed by atoms with van der Waals surface area (Å²) in [4.78, 5) is 5.07. The zero-order valence-electron chi connectivity index (χ0n) is 35.5. The molecule has 11 rings (SSSR count). The zero-order valence-corrected chi connectivity index (χ0v) is 37.8. The Labute approximate surface area is 377 Å². The summed E-state index contributed by atoms with van der Waals surface area (Å²) < 4.78 is 13.2. The molecule has 0 unspecified atom stereocenters. The predicted octanol–water partition coefficient (Wildman–Crippen LogP) is 13.5. The third kappa shape index (κ3) is 6.50. The Bertz CT molecular complexity index is 3370. The first-order chi connectivity index (χ1) is 29.5. The fourth-order valence-corrected chi connectivity index (χ4v) is 9.00. The van der Waals surface area contributed by atoms with E-state index in [-0.39, 0.29) is 31.9 Å². The Hall–Kier alpha value is -6.55. The zero-order chi connectivity index (χ0) is 41.6. The third-order valence-electron chi connectivity index (χ3n) is 12.1. The van der Waals surface area contributed by atoms with Gasteiger partial charge in [-0.25, -0.2) is 4.98 Å². The third-order valence-corrected chi connectivity index (χ3v) is 12.1. The molecule has 0 spiro atoms. The van der Waals surface area contributed by atoms with Gasteiger partial charge in [-0.15, -0.1) is 29.7 Å². The number of rotatable bonds is 5. The minimum atomic E-state index is -0.0750. The van der Waals surface area contributed by atoms with E-state index in [9.17, 15) is 0 Å². The minimum absolute atomic E-state index is 0. The number of hydrogen-bond acceptors (Lipinski definition) is 2. The van der Waals surface area contributed by atoms with Gasteiger partial charge in [0.2, 0.25) is 0 Å². The van der Waals surface area contributed by atoms with Crippen molar-refractivity contribution >= 4 is 32.7 Å². The second kappa shape index (κ2) is 14.8. The topological polar surface area (TPSA) is 35.9 Å². The average Bonchev–Trinajstić information content (AvgIpc) is 3.78. The molecule has 0 bridgehead atoms. The van der Waals surface area contributed by atoms with Gasteiger partial charge in [-0.2, -0.15) is 18.2 Å². The molecule has 0 radical (unpaired) electrons. The van der Waals surface area contributed by atoms with Crippen LogP contribution in [0.4, 0.5) is 0 Å². The second-order valence-corrected chi connectivity index (χ2v) is 18.1. The number of hydrogen-bond donors (Lipinski definition) is 0. The van der Waals surface area contributed by atoms with Crippen molar-refractivity contribution in [3.05, 3.63) is 187 Å². The van der Waals surface area contributed by atoms with E-state index in [1.54, 1.807) is 0 Å². The first-order valence-corrected chi connectivity index (χ1v) is 21.0. The van der Waals surface area contributed by atoms with Gasteiger partial charge in [0.25, 0.3) is 6.33 Å². The Morgan fingerprint density at radius 1 is 0.597 bits per heavy atom. The van der Waals surface area contributed by atoms with Gasteiger partial charge in [0, 0.05) is 50.0 Å². The summed E-state index contributed by atoms with van der Waals surface area (Å²) >= 11 is 0. The SMILES string of the molecule is CC(C)(C)c1cccc(-[n+]2[c-]n(-c3[c-]c(Oc4[c-]c5c(cc4)c4c(n5-c5cc(C(C)(C)C)ccn5)-c5ccccc5-c5cccc6cccc-4c56)ccc3)c3ccccc32)c1.[Pt]. The molecular weight excluding hydrogens is 940 g/mol. The summed E-state index contributed by atoms with van der Waals surface area (Å²) in [5, 5.41) is 3.54. The van der Waals surface area contributed by atoms with Crippen LogP contribution in [-0.2, 0) is 31.9 Å². The molecule has 0 saturated carbocycles. The molecule has 0 saturated heterocycles. The van der Waals surface area contributed by atoms with Gasteiger partial charge in [0.15, 0.2) is 0 Å². The van der Waals surface area contributed by atoms with Crippen LogP contribution in [0.1, 0.15) is 52.7 Å². The largest absolute Gasteiger partial charge is 0.510 e. The summed E-state index contributed by atoms with van der Waals surface area (Å²) in [5.74, 6) is 2.01. The predicted molar refractivity (Wildman–Crippen MR) is 247 cm³/mol. The molecule has 10 aromatic rings. The van der Waals surface area contributed by atoms with Crippen LogP contribution in [0.5, 0.6) is 11.5 Å². The quantitative estimate of drug-likeness (QED) is 0.127. The molecule has 0 N–H and O–H groups in total. The Morgan fingerprint density at radius 2 is 1.27 bits per heavy atom. The molecule has 306 valence electrons. The monoisotopic (exact) mass is 983 g/mol. The van der Waals surface area contributed by atoms with Crippen LogP contribution in [0, 0.1) is 18.5 Å². The number of imidazole rings is 1. The summed E-state index contributed by atoms with van der Waals surface area (Å²) in [6.07, 6.45) is 5.57. The van der Waals surface area contributed by atoms with Gasteiger partial charge in [0.05, 0.1) is 16.7 Å². The summed E-state index contributed by atoms with van der Waals surface area (Å²) in [5.41, 5.74) is 14.3. The maximum Gasteiger partial charge on any atom is 0.268 e. The Morgan fingerprint density at radius 3 is 2.08 bits per heavy atom. The average molecular weight is 984 g/mol. The summed E-state index contributed by atoms with van der Waals surface area (Å²) in [7, 11) is 0. The molecule has 3 heterocycles. The van der Waals surface area contributed by atoms with E-state index in [4.69, 9.17) is 9.72 Å². The summed E-state index contributed by atoms with van der Waals surface area (Å²) in [6, 6.07) is 61.0. The smallest absolute Gasteiger partial charge is 0.268 e. The van der Waals surface area contributed by atoms with Gasteiger partial charge in [-0.3, -0.25) is 4.57 Å². The molecule has 1 aliphatic rings. The normalized spacial score (nSPS) is 12.2. The first kappa shape index (κ1) is 39.6. The second-order valence-electron chi connectivity index (χ2n) is 18.1. The van der Waals surface area contributed by atoms with Crippen molar-refractivity contribution in [2.45, 2.75) is 52.4 Å². The Kier molecular flexibility index (Phi) is 9.46. The maximum atomic E-state index is 6.74. The van der Waals surface area contributed by atoms with Gasteiger partial charge < -0.3 is 13.9 Å². The number of benzene rings is 7. The molecule has 3 aromatic heterocycles. The van der Waals surface area contributed by atoms with Crippen molar-refractivity contribution in [1.82, 2.24) is 14.1 Å². The number of ether oxygens (including phenoxy) is 1.